The molecular formula is C14H11N5OS. The van der Waals surface area contributed by atoms with Crippen LogP contribution in [0.4, 0.5) is 0 Å². The van der Waals surface area contributed by atoms with Crippen molar-refractivity contribution < 1.29 is 0 Å². The molecular weight excluding hydrogens is 286 g/mol. The van der Waals surface area contributed by atoms with Crippen LogP contribution >= 0.6 is 12.2 Å². The van der Waals surface area contributed by atoms with Crippen LogP contribution < -0.4 is 11.3 Å². The van der Waals surface area contributed by atoms with Crippen LogP contribution in [0.5, 0.6) is 0 Å². The molecule has 0 radical (unpaired) electrons. The van der Waals surface area contributed by atoms with Gasteiger partial charge in [0.15, 0.2) is 0 Å². The van der Waals surface area contributed by atoms with Gasteiger partial charge in [0.25, 0.3) is 5.56 Å². The highest BCUT2D eigenvalue weighted by molar-refractivity contribution is 7.80. The molecule has 6 nitrogen and oxygen atoms in total. The largest absolute Gasteiger partial charge is 0.388 e. The van der Waals surface area contributed by atoms with E-state index in [9.17, 15) is 4.79 Å². The Morgan fingerprint density at radius 3 is 2.86 bits per heavy atom. The summed E-state index contributed by atoms with van der Waals surface area (Å²) in [5.41, 5.74) is 7.23. The maximum absolute atomic E-state index is 12.4. The summed E-state index contributed by atoms with van der Waals surface area (Å²) in [4.78, 5) is 16.7. The summed E-state index contributed by atoms with van der Waals surface area (Å²) in [7, 11) is 0. The first-order chi connectivity index (χ1) is 10.2. The lowest BCUT2D eigenvalue weighted by Crippen LogP contribution is -2.26. The first-order valence-electron chi connectivity index (χ1n) is 6.23. The second-order valence-electron chi connectivity index (χ2n) is 4.44. The summed E-state index contributed by atoms with van der Waals surface area (Å²) in [5.74, 6) is 0. The third-order valence-electron chi connectivity index (χ3n) is 3.07. The lowest BCUT2D eigenvalue weighted by molar-refractivity contribution is 0.599. The van der Waals surface area contributed by atoms with Crippen molar-refractivity contribution in [1.29, 1.82) is 0 Å². The molecule has 2 N–H and O–H groups in total. The summed E-state index contributed by atoms with van der Waals surface area (Å²) >= 11 is 4.97. The van der Waals surface area contributed by atoms with Gasteiger partial charge in [-0.25, -0.2) is 4.68 Å². The van der Waals surface area contributed by atoms with E-state index in [1.165, 1.54) is 4.68 Å². The average molecular weight is 297 g/mol. The van der Waals surface area contributed by atoms with E-state index in [4.69, 9.17) is 18.0 Å². The molecule has 0 atom stereocenters. The van der Waals surface area contributed by atoms with Crippen molar-refractivity contribution in [3.05, 3.63) is 64.2 Å². The third-order valence-corrected chi connectivity index (χ3v) is 3.27. The topological polar surface area (TPSA) is 86.7 Å². The molecule has 0 spiro atoms. The molecule has 0 amide bonds. The van der Waals surface area contributed by atoms with Crippen molar-refractivity contribution in [1.82, 2.24) is 20.0 Å². The number of thiocarbonyl (C=S) groups is 1. The number of hydrogen-bond acceptors (Lipinski definition) is 5. The van der Waals surface area contributed by atoms with Gasteiger partial charge >= 0.3 is 0 Å². The van der Waals surface area contributed by atoms with Gasteiger partial charge < -0.3 is 5.73 Å². The fourth-order valence-electron chi connectivity index (χ4n) is 2.08. The summed E-state index contributed by atoms with van der Waals surface area (Å²) in [5, 5.41) is 8.51. The molecule has 0 fully saturated rings. The van der Waals surface area contributed by atoms with E-state index in [1.807, 2.05) is 12.1 Å². The van der Waals surface area contributed by atoms with Gasteiger partial charge in [-0.2, -0.15) is 0 Å². The normalized spacial score (nSPS) is 10.7. The molecule has 0 aliphatic heterocycles. The van der Waals surface area contributed by atoms with Gasteiger partial charge in [0.05, 0.1) is 11.9 Å². The molecule has 0 aliphatic rings. The highest BCUT2D eigenvalue weighted by atomic mass is 32.1. The van der Waals surface area contributed by atoms with Crippen molar-refractivity contribution >= 4 is 28.1 Å². The summed E-state index contributed by atoms with van der Waals surface area (Å²) < 4.78 is 1.28. The lowest BCUT2D eigenvalue weighted by Gasteiger charge is -2.08. The van der Waals surface area contributed by atoms with Gasteiger partial charge in [0.2, 0.25) is 0 Å². The SMILES string of the molecule is NC(=S)c1ncccc1Cn1nnc2ccccc2c1=O. The Balaban J connectivity index is 2.09. The van der Waals surface area contributed by atoms with Gasteiger partial charge in [-0.15, -0.1) is 5.10 Å². The van der Waals surface area contributed by atoms with Crippen molar-refractivity contribution in [2.24, 2.45) is 5.73 Å². The minimum absolute atomic E-state index is 0.187. The smallest absolute Gasteiger partial charge is 0.277 e. The quantitative estimate of drug-likeness (QED) is 0.722. The molecule has 104 valence electrons. The van der Waals surface area contributed by atoms with E-state index in [-0.39, 0.29) is 17.1 Å². The Hall–Kier alpha value is -2.67. The standard InChI is InChI=1S/C14H11N5OS/c15-13(21)12-9(4-3-7-16-12)8-19-14(20)10-5-1-2-6-11(10)17-18-19/h1-7H,8H2,(H2,15,21). The van der Waals surface area contributed by atoms with E-state index in [0.717, 1.165) is 5.56 Å². The van der Waals surface area contributed by atoms with Crippen LogP contribution in [0.3, 0.4) is 0 Å². The second-order valence-corrected chi connectivity index (χ2v) is 4.88. The molecule has 0 bridgehead atoms. The first-order valence-corrected chi connectivity index (χ1v) is 6.64. The first kappa shape index (κ1) is 13.3. The van der Waals surface area contributed by atoms with Gasteiger partial charge in [0, 0.05) is 11.8 Å². The van der Waals surface area contributed by atoms with Crippen molar-refractivity contribution in [2.75, 3.05) is 0 Å². The van der Waals surface area contributed by atoms with Gasteiger partial charge in [-0.1, -0.05) is 35.6 Å². The monoisotopic (exact) mass is 297 g/mol. The van der Waals surface area contributed by atoms with E-state index >= 15 is 0 Å². The average Bonchev–Trinajstić information content (AvgIpc) is 2.51. The Morgan fingerprint density at radius 2 is 2.05 bits per heavy atom. The molecule has 1 aromatic carbocycles. The fraction of sp³-hybridized carbons (Fsp3) is 0.0714. The van der Waals surface area contributed by atoms with Crippen LogP contribution in [0.25, 0.3) is 10.9 Å². The molecule has 7 heteroatoms. The number of pyridine rings is 1. The van der Waals surface area contributed by atoms with Gasteiger partial charge in [0.1, 0.15) is 16.2 Å². The Bertz CT molecular complexity index is 890. The molecule has 3 rings (SSSR count). The zero-order chi connectivity index (χ0) is 14.8. The predicted octanol–water partition coefficient (Wildman–Crippen LogP) is 0.869. The van der Waals surface area contributed by atoms with Crippen molar-refractivity contribution in [3.63, 3.8) is 0 Å². The molecule has 0 aliphatic carbocycles. The number of fused-ring (bicyclic) bond motifs is 1. The predicted molar refractivity (Wildman–Crippen MR) is 83.0 cm³/mol. The fourth-order valence-corrected chi connectivity index (χ4v) is 2.26. The number of nitrogens with two attached hydrogens (primary N) is 1. The van der Waals surface area contributed by atoms with Crippen molar-refractivity contribution in [3.8, 4) is 0 Å². The zero-order valence-corrected chi connectivity index (χ0v) is 11.7. The van der Waals surface area contributed by atoms with Crippen LogP contribution in [0, 0.1) is 0 Å². The van der Waals surface area contributed by atoms with E-state index in [0.29, 0.717) is 16.6 Å². The van der Waals surface area contributed by atoms with Crippen LogP contribution in [-0.2, 0) is 6.54 Å². The summed E-state index contributed by atoms with van der Waals surface area (Å²) in [6.45, 7) is 0.219. The number of nitrogens with zero attached hydrogens (tertiary/aromatic N) is 4. The third kappa shape index (κ3) is 2.50. The minimum atomic E-state index is -0.210. The van der Waals surface area contributed by atoms with Crippen LogP contribution in [0.2, 0.25) is 0 Å². The van der Waals surface area contributed by atoms with E-state index in [1.54, 1.807) is 30.5 Å². The van der Waals surface area contributed by atoms with Crippen molar-refractivity contribution in [2.45, 2.75) is 6.54 Å². The summed E-state index contributed by atoms with van der Waals surface area (Å²) in [6.07, 6.45) is 1.60. The highest BCUT2D eigenvalue weighted by Gasteiger charge is 2.10. The molecule has 21 heavy (non-hydrogen) atoms. The summed E-state index contributed by atoms with van der Waals surface area (Å²) in [6, 6.07) is 10.6. The number of rotatable bonds is 3. The molecule has 0 saturated heterocycles. The Kier molecular flexibility index (Phi) is 3.41. The Labute approximate surface area is 125 Å². The molecule has 0 unspecified atom stereocenters. The molecule has 3 aromatic rings. The highest BCUT2D eigenvalue weighted by Crippen LogP contribution is 2.08. The Morgan fingerprint density at radius 1 is 1.24 bits per heavy atom. The minimum Gasteiger partial charge on any atom is -0.388 e. The van der Waals surface area contributed by atoms with Gasteiger partial charge in [-0.05, 0) is 18.2 Å². The van der Waals surface area contributed by atoms with E-state index in [2.05, 4.69) is 15.3 Å². The maximum atomic E-state index is 12.4. The number of benzene rings is 1. The van der Waals surface area contributed by atoms with Crippen LogP contribution in [0.1, 0.15) is 11.3 Å². The number of aromatic nitrogens is 4. The van der Waals surface area contributed by atoms with Crippen LogP contribution in [-0.4, -0.2) is 25.0 Å². The lowest BCUT2D eigenvalue weighted by atomic mass is 10.2. The maximum Gasteiger partial charge on any atom is 0.277 e. The number of hydrogen-bond donors (Lipinski definition) is 1. The molecule has 2 heterocycles. The zero-order valence-electron chi connectivity index (χ0n) is 10.9. The molecule has 2 aromatic heterocycles. The second kappa shape index (κ2) is 5.37. The van der Waals surface area contributed by atoms with Gasteiger partial charge in [-0.3, -0.25) is 9.78 Å². The molecule has 0 saturated carbocycles. The van der Waals surface area contributed by atoms with E-state index < -0.39 is 0 Å². The van der Waals surface area contributed by atoms with Crippen LogP contribution in [0.15, 0.2) is 47.4 Å².